The molecule has 164 valence electrons. The molecule has 0 spiro atoms. The van der Waals surface area contributed by atoms with E-state index in [1.54, 1.807) is 12.4 Å². The number of fused-ring (bicyclic) bond motifs is 3. The van der Waals surface area contributed by atoms with Crippen LogP contribution in [0.5, 0.6) is 0 Å². The van der Waals surface area contributed by atoms with Crippen LogP contribution in [0.25, 0.3) is 21.7 Å². The topological polar surface area (TPSA) is 93.4 Å². The number of carboxylic acid groups (broad SMARTS) is 1. The summed E-state index contributed by atoms with van der Waals surface area (Å²) < 4.78 is 3.50. The van der Waals surface area contributed by atoms with Crippen molar-refractivity contribution in [2.24, 2.45) is 0 Å². The van der Waals surface area contributed by atoms with Crippen LogP contribution in [0.4, 0.5) is 17.1 Å². The summed E-state index contributed by atoms with van der Waals surface area (Å²) >= 11 is 0. The van der Waals surface area contributed by atoms with E-state index in [1.165, 1.54) is 4.68 Å². The maximum atomic E-state index is 11.0. The van der Waals surface area contributed by atoms with E-state index in [9.17, 15) is 4.79 Å². The summed E-state index contributed by atoms with van der Waals surface area (Å²) in [5.74, 6) is 0.882. The highest BCUT2D eigenvalue weighted by Crippen LogP contribution is 2.40. The van der Waals surface area contributed by atoms with Crippen molar-refractivity contribution in [1.29, 1.82) is 0 Å². The number of hydrogen-bond donors (Lipinski definition) is 1. The molecule has 9 heteroatoms. The van der Waals surface area contributed by atoms with Gasteiger partial charge in [-0.05, 0) is 36.8 Å². The standard InChI is InChI=1S/C24H21N7O2/c1-15-12-30(20-7-5-19(25-3)6-8-20)22-10-17(18-11-26-29(13-18)14-23(32)33)4-9-21(22)31-16(2)27-28-24(15)31/h4-11,13,15H,12,14H2,1-2H3,(H,32,33)/t15-/m1/s1. The van der Waals surface area contributed by atoms with E-state index in [2.05, 4.69) is 42.6 Å². The molecule has 0 unspecified atom stereocenters. The van der Waals surface area contributed by atoms with Gasteiger partial charge in [0, 0.05) is 29.9 Å². The van der Waals surface area contributed by atoms with Crippen LogP contribution in [0.15, 0.2) is 54.9 Å². The van der Waals surface area contributed by atoms with Gasteiger partial charge in [-0.1, -0.05) is 25.1 Å². The maximum Gasteiger partial charge on any atom is 0.325 e. The number of aryl methyl sites for hydroxylation is 1. The number of nitrogens with zero attached hydrogens (tertiary/aromatic N) is 7. The van der Waals surface area contributed by atoms with Gasteiger partial charge in [-0.25, -0.2) is 4.85 Å². The quantitative estimate of drug-likeness (QED) is 0.476. The van der Waals surface area contributed by atoms with Gasteiger partial charge in [0.1, 0.15) is 18.2 Å². The first kappa shape index (κ1) is 20.5. The molecule has 0 amide bonds. The molecule has 0 aliphatic carbocycles. The second kappa shape index (κ2) is 7.91. The van der Waals surface area contributed by atoms with Crippen molar-refractivity contribution in [2.45, 2.75) is 26.3 Å². The predicted molar refractivity (Wildman–Crippen MR) is 123 cm³/mol. The summed E-state index contributed by atoms with van der Waals surface area (Å²) in [6, 6.07) is 13.7. The number of carbonyl (C=O) groups is 1. The summed E-state index contributed by atoms with van der Waals surface area (Å²) in [7, 11) is 0. The second-order valence-corrected chi connectivity index (χ2v) is 8.10. The maximum absolute atomic E-state index is 11.0. The molecule has 3 heterocycles. The summed E-state index contributed by atoms with van der Waals surface area (Å²) in [5.41, 5.74) is 5.27. The highest BCUT2D eigenvalue weighted by Gasteiger charge is 2.28. The van der Waals surface area contributed by atoms with Crippen molar-refractivity contribution >= 4 is 23.0 Å². The fourth-order valence-corrected chi connectivity index (χ4v) is 4.25. The van der Waals surface area contributed by atoms with Crippen LogP contribution in [-0.2, 0) is 11.3 Å². The van der Waals surface area contributed by atoms with Crippen LogP contribution in [0.1, 0.15) is 24.5 Å². The first-order valence-electron chi connectivity index (χ1n) is 10.5. The molecule has 1 atom stereocenters. The number of anilines is 2. The third kappa shape index (κ3) is 3.61. The lowest BCUT2D eigenvalue weighted by Gasteiger charge is -2.27. The van der Waals surface area contributed by atoms with Crippen molar-refractivity contribution in [3.8, 4) is 16.8 Å². The van der Waals surface area contributed by atoms with Crippen molar-refractivity contribution in [2.75, 3.05) is 11.4 Å². The Balaban J connectivity index is 1.67. The molecule has 2 aromatic carbocycles. The number of benzene rings is 2. The Bertz CT molecular complexity index is 1400. The first-order chi connectivity index (χ1) is 15.9. The fraction of sp³-hybridized carbons (Fsp3) is 0.208. The van der Waals surface area contributed by atoms with Gasteiger partial charge in [0.15, 0.2) is 5.69 Å². The lowest BCUT2D eigenvalue weighted by Crippen LogP contribution is -2.21. The van der Waals surface area contributed by atoms with Gasteiger partial charge in [0.2, 0.25) is 0 Å². The third-order valence-corrected chi connectivity index (χ3v) is 5.81. The molecule has 1 aliphatic heterocycles. The van der Waals surface area contributed by atoms with E-state index in [0.29, 0.717) is 12.2 Å². The molecular formula is C24H21N7O2. The molecule has 1 aliphatic rings. The number of aliphatic carboxylic acids is 1. The Labute approximate surface area is 190 Å². The zero-order valence-electron chi connectivity index (χ0n) is 18.2. The van der Waals surface area contributed by atoms with Crippen LogP contribution in [-0.4, -0.2) is 42.2 Å². The van der Waals surface area contributed by atoms with Crippen molar-refractivity contribution in [3.63, 3.8) is 0 Å². The monoisotopic (exact) mass is 439 g/mol. The molecular weight excluding hydrogens is 418 g/mol. The number of aromatic nitrogens is 5. The number of carboxylic acids is 1. The Hall–Kier alpha value is -4.45. The van der Waals surface area contributed by atoms with Gasteiger partial charge in [-0.3, -0.25) is 14.0 Å². The molecule has 5 rings (SSSR count). The molecule has 33 heavy (non-hydrogen) atoms. The highest BCUT2D eigenvalue weighted by atomic mass is 16.4. The third-order valence-electron chi connectivity index (χ3n) is 5.81. The van der Waals surface area contributed by atoms with Gasteiger partial charge < -0.3 is 10.0 Å². The minimum Gasteiger partial charge on any atom is -0.480 e. The Morgan fingerprint density at radius 3 is 2.67 bits per heavy atom. The van der Waals surface area contributed by atoms with Gasteiger partial charge >= 0.3 is 5.97 Å². The smallest absolute Gasteiger partial charge is 0.325 e. The Morgan fingerprint density at radius 2 is 1.94 bits per heavy atom. The van der Waals surface area contributed by atoms with Gasteiger partial charge in [0.05, 0.1) is 24.1 Å². The van der Waals surface area contributed by atoms with Gasteiger partial charge in [0.25, 0.3) is 0 Å². The van der Waals surface area contributed by atoms with Crippen molar-refractivity contribution in [1.82, 2.24) is 24.5 Å². The Morgan fingerprint density at radius 1 is 1.15 bits per heavy atom. The van der Waals surface area contributed by atoms with E-state index in [0.717, 1.165) is 39.8 Å². The van der Waals surface area contributed by atoms with E-state index in [1.807, 2.05) is 43.3 Å². The van der Waals surface area contributed by atoms with Crippen LogP contribution >= 0.6 is 0 Å². The average molecular weight is 439 g/mol. The molecule has 0 fully saturated rings. The summed E-state index contributed by atoms with van der Waals surface area (Å²) in [6.07, 6.45) is 3.41. The largest absolute Gasteiger partial charge is 0.480 e. The summed E-state index contributed by atoms with van der Waals surface area (Å²) in [4.78, 5) is 16.8. The molecule has 9 nitrogen and oxygen atoms in total. The van der Waals surface area contributed by atoms with Crippen LogP contribution in [0, 0.1) is 13.5 Å². The first-order valence-corrected chi connectivity index (χ1v) is 10.5. The van der Waals surface area contributed by atoms with Crippen molar-refractivity contribution in [3.05, 3.63) is 77.9 Å². The molecule has 0 saturated carbocycles. The SMILES string of the molecule is [C-]#[N+]c1ccc(N2C[C@@H](C)c3nnc(C)n3-c3ccc(-c4cnn(CC(=O)O)c4)cc32)cc1. The lowest BCUT2D eigenvalue weighted by molar-refractivity contribution is -0.137. The van der Waals surface area contributed by atoms with E-state index in [-0.39, 0.29) is 12.5 Å². The molecule has 2 aromatic heterocycles. The molecule has 0 radical (unpaired) electrons. The molecule has 1 N–H and O–H groups in total. The number of hydrogen-bond acceptors (Lipinski definition) is 5. The minimum absolute atomic E-state index is 0.112. The predicted octanol–water partition coefficient (Wildman–Crippen LogP) is 4.33. The lowest BCUT2D eigenvalue weighted by atomic mass is 10.1. The number of rotatable bonds is 4. The van der Waals surface area contributed by atoms with E-state index >= 15 is 0 Å². The van der Waals surface area contributed by atoms with Crippen LogP contribution < -0.4 is 4.90 Å². The van der Waals surface area contributed by atoms with Crippen LogP contribution in [0.3, 0.4) is 0 Å². The van der Waals surface area contributed by atoms with Crippen LogP contribution in [0.2, 0.25) is 0 Å². The zero-order chi connectivity index (χ0) is 23.1. The Kier molecular flexibility index (Phi) is 4.90. The van der Waals surface area contributed by atoms with Crippen molar-refractivity contribution < 1.29 is 9.90 Å². The normalized spacial score (nSPS) is 14.8. The van der Waals surface area contributed by atoms with E-state index < -0.39 is 5.97 Å². The van der Waals surface area contributed by atoms with E-state index in [4.69, 9.17) is 11.7 Å². The zero-order valence-corrected chi connectivity index (χ0v) is 18.2. The average Bonchev–Trinajstić information content (AvgIpc) is 3.40. The van der Waals surface area contributed by atoms with Gasteiger partial charge in [-0.2, -0.15) is 5.10 Å². The highest BCUT2D eigenvalue weighted by molar-refractivity contribution is 5.80. The summed E-state index contributed by atoms with van der Waals surface area (Å²) in [5, 5.41) is 22.0. The molecule has 4 aromatic rings. The van der Waals surface area contributed by atoms with Gasteiger partial charge in [-0.15, -0.1) is 10.2 Å². The summed E-state index contributed by atoms with van der Waals surface area (Å²) in [6.45, 7) is 11.8. The minimum atomic E-state index is -0.940. The molecule has 0 bridgehead atoms. The fourth-order valence-electron chi connectivity index (χ4n) is 4.25. The molecule has 0 saturated heterocycles. The second-order valence-electron chi connectivity index (χ2n) is 8.10.